The monoisotopic (exact) mass is 258 g/mol. The minimum atomic E-state index is -1.83. The average molecular weight is 258 g/mol. The lowest BCUT2D eigenvalue weighted by atomic mass is 9.57. The van der Waals surface area contributed by atoms with Crippen LogP contribution in [0.4, 0.5) is 17.6 Å². The zero-order valence-corrected chi connectivity index (χ0v) is 9.62. The van der Waals surface area contributed by atoms with Gasteiger partial charge in [-0.15, -0.1) is 0 Å². The molecule has 0 amide bonds. The highest BCUT2D eigenvalue weighted by Crippen LogP contribution is 2.53. The summed E-state index contributed by atoms with van der Waals surface area (Å²) >= 11 is 0. The number of benzene rings is 1. The molecule has 2 atom stereocenters. The van der Waals surface area contributed by atoms with Crippen LogP contribution in [0.1, 0.15) is 43.2 Å². The summed E-state index contributed by atoms with van der Waals surface area (Å²) in [6.45, 7) is 1.48. The van der Waals surface area contributed by atoms with E-state index in [1.807, 2.05) is 0 Å². The molecular weight excluding hydrogens is 248 g/mol. The van der Waals surface area contributed by atoms with Crippen LogP contribution >= 0.6 is 0 Å². The third-order valence-corrected chi connectivity index (χ3v) is 4.30. The average Bonchev–Trinajstić information content (AvgIpc) is 2.34. The van der Waals surface area contributed by atoms with Gasteiger partial charge in [0.05, 0.1) is 5.41 Å². The molecule has 5 heteroatoms. The fourth-order valence-corrected chi connectivity index (χ4v) is 3.24. The van der Waals surface area contributed by atoms with Gasteiger partial charge in [0.25, 0.3) is 0 Å². The predicted molar refractivity (Wildman–Crippen MR) is 55.2 cm³/mol. The summed E-state index contributed by atoms with van der Waals surface area (Å²) in [4.78, 5) is 11.9. The van der Waals surface area contributed by atoms with Crippen LogP contribution in [0.5, 0.6) is 0 Å². The summed E-state index contributed by atoms with van der Waals surface area (Å²) in [6, 6.07) is 0. The van der Waals surface area contributed by atoms with Gasteiger partial charge in [-0.3, -0.25) is 4.79 Å². The Kier molecular flexibility index (Phi) is 2.17. The Bertz CT molecular complexity index is 581. The van der Waals surface area contributed by atoms with E-state index < -0.39 is 34.6 Å². The van der Waals surface area contributed by atoms with Crippen molar-refractivity contribution in [2.75, 3.05) is 0 Å². The van der Waals surface area contributed by atoms with Crippen LogP contribution < -0.4 is 0 Å². The number of ketones is 1. The molecule has 3 aliphatic rings. The molecule has 0 aromatic heterocycles. The lowest BCUT2D eigenvalue weighted by molar-refractivity contribution is -0.127. The third-order valence-electron chi connectivity index (χ3n) is 4.30. The van der Waals surface area contributed by atoms with E-state index in [-0.39, 0.29) is 23.3 Å². The number of fused-ring (bicyclic) bond motifs is 2. The quantitative estimate of drug-likeness (QED) is 0.396. The Morgan fingerprint density at radius 3 is 2.28 bits per heavy atom. The maximum Gasteiger partial charge on any atom is 0.197 e. The van der Waals surface area contributed by atoms with Crippen LogP contribution in [0, 0.1) is 23.3 Å². The second-order valence-corrected chi connectivity index (χ2v) is 5.24. The zero-order chi connectivity index (χ0) is 13.2. The summed E-state index contributed by atoms with van der Waals surface area (Å²) in [5.41, 5.74) is -1.63. The standard InChI is InChI=1S/C13H10F4O/c1-13-3-2-5(4-6(13)18)7-8(13)10(15)12(17)11(16)9(7)14/h5H,2-4H2,1H3. The topological polar surface area (TPSA) is 17.1 Å². The van der Waals surface area contributed by atoms with Crippen molar-refractivity contribution in [2.24, 2.45) is 0 Å². The fourth-order valence-electron chi connectivity index (χ4n) is 3.24. The molecule has 3 aliphatic carbocycles. The van der Waals surface area contributed by atoms with Crippen molar-refractivity contribution < 1.29 is 22.4 Å². The van der Waals surface area contributed by atoms with Crippen LogP contribution in [-0.4, -0.2) is 5.78 Å². The molecule has 2 unspecified atom stereocenters. The molecule has 0 aliphatic heterocycles. The number of hydrogen-bond acceptors (Lipinski definition) is 1. The van der Waals surface area contributed by atoms with Crippen molar-refractivity contribution in [1.82, 2.24) is 0 Å². The molecule has 1 aromatic carbocycles. The van der Waals surface area contributed by atoms with Gasteiger partial charge in [-0.1, -0.05) is 0 Å². The summed E-state index contributed by atoms with van der Waals surface area (Å²) < 4.78 is 54.2. The van der Waals surface area contributed by atoms with Crippen LogP contribution in [-0.2, 0) is 10.2 Å². The number of Topliss-reactive ketones (excluding diaryl/α,β-unsaturated/α-hetero) is 1. The van der Waals surface area contributed by atoms with Gasteiger partial charge in [0.2, 0.25) is 0 Å². The van der Waals surface area contributed by atoms with Gasteiger partial charge in [-0.25, -0.2) is 17.6 Å². The summed E-state index contributed by atoms with van der Waals surface area (Å²) in [6.07, 6.45) is 0.923. The van der Waals surface area contributed by atoms with Crippen molar-refractivity contribution >= 4 is 5.78 Å². The first-order valence-electron chi connectivity index (χ1n) is 5.77. The second-order valence-electron chi connectivity index (χ2n) is 5.24. The van der Waals surface area contributed by atoms with Crippen molar-refractivity contribution in [3.8, 4) is 0 Å². The van der Waals surface area contributed by atoms with E-state index in [4.69, 9.17) is 0 Å². The SMILES string of the molecule is CC12CCC(CC1=O)c1c(F)c(F)c(F)c(F)c12. The largest absolute Gasteiger partial charge is 0.299 e. The van der Waals surface area contributed by atoms with Gasteiger partial charge >= 0.3 is 0 Å². The molecule has 0 spiro atoms. The highest BCUT2D eigenvalue weighted by Gasteiger charge is 2.52. The molecule has 1 fully saturated rings. The van der Waals surface area contributed by atoms with E-state index >= 15 is 0 Å². The van der Waals surface area contributed by atoms with Crippen LogP contribution in [0.3, 0.4) is 0 Å². The number of carbonyl (C=O) groups is 1. The van der Waals surface area contributed by atoms with Gasteiger partial charge in [0.15, 0.2) is 23.3 Å². The summed E-state index contributed by atoms with van der Waals surface area (Å²) in [5.74, 6) is -7.12. The summed E-state index contributed by atoms with van der Waals surface area (Å²) in [7, 11) is 0. The molecule has 1 saturated carbocycles. The molecule has 4 rings (SSSR count). The second kappa shape index (κ2) is 3.33. The third kappa shape index (κ3) is 1.15. The molecular formula is C13H10F4O. The van der Waals surface area contributed by atoms with E-state index in [2.05, 4.69) is 0 Å². The number of halogens is 4. The molecule has 2 bridgehead atoms. The van der Waals surface area contributed by atoms with E-state index in [0.717, 1.165) is 0 Å². The first-order valence-corrected chi connectivity index (χ1v) is 5.77. The highest BCUT2D eigenvalue weighted by atomic mass is 19.2. The number of rotatable bonds is 0. The number of carbonyl (C=O) groups excluding carboxylic acids is 1. The van der Waals surface area contributed by atoms with Gasteiger partial charge in [0, 0.05) is 17.5 Å². The molecule has 1 nitrogen and oxygen atoms in total. The first kappa shape index (κ1) is 11.7. The van der Waals surface area contributed by atoms with E-state index in [9.17, 15) is 22.4 Å². The molecule has 0 heterocycles. The zero-order valence-electron chi connectivity index (χ0n) is 9.62. The van der Waals surface area contributed by atoms with Crippen molar-refractivity contribution in [1.29, 1.82) is 0 Å². The minimum absolute atomic E-state index is 0.0743. The lowest BCUT2D eigenvalue weighted by Gasteiger charge is -2.44. The van der Waals surface area contributed by atoms with Gasteiger partial charge in [-0.05, 0) is 25.7 Å². The first-order chi connectivity index (χ1) is 8.38. The molecule has 18 heavy (non-hydrogen) atoms. The smallest absolute Gasteiger partial charge is 0.197 e. The Morgan fingerprint density at radius 1 is 1.06 bits per heavy atom. The normalized spacial score (nSPS) is 29.6. The Labute approximate surface area is 101 Å². The Hall–Kier alpha value is -1.39. The fraction of sp³-hybridized carbons (Fsp3) is 0.462. The number of hydrogen-bond donors (Lipinski definition) is 0. The van der Waals surface area contributed by atoms with Crippen molar-refractivity contribution in [2.45, 2.75) is 37.5 Å². The van der Waals surface area contributed by atoms with Crippen molar-refractivity contribution in [3.05, 3.63) is 34.4 Å². The minimum Gasteiger partial charge on any atom is -0.299 e. The molecule has 0 N–H and O–H groups in total. The van der Waals surface area contributed by atoms with Crippen LogP contribution in [0.15, 0.2) is 0 Å². The molecule has 0 radical (unpaired) electrons. The molecule has 96 valence electrons. The van der Waals surface area contributed by atoms with E-state index in [1.165, 1.54) is 6.92 Å². The lowest BCUT2D eigenvalue weighted by Crippen LogP contribution is -2.45. The van der Waals surface area contributed by atoms with Crippen LogP contribution in [0.25, 0.3) is 0 Å². The van der Waals surface area contributed by atoms with Gasteiger partial charge < -0.3 is 0 Å². The Morgan fingerprint density at radius 2 is 1.67 bits per heavy atom. The van der Waals surface area contributed by atoms with Crippen LogP contribution in [0.2, 0.25) is 0 Å². The van der Waals surface area contributed by atoms with Crippen molar-refractivity contribution in [3.63, 3.8) is 0 Å². The maximum atomic E-state index is 13.9. The molecule has 0 saturated heterocycles. The predicted octanol–water partition coefficient (Wildman–Crippen LogP) is 3.35. The van der Waals surface area contributed by atoms with Gasteiger partial charge in [0.1, 0.15) is 5.78 Å². The van der Waals surface area contributed by atoms with E-state index in [1.54, 1.807) is 0 Å². The van der Waals surface area contributed by atoms with Gasteiger partial charge in [-0.2, -0.15) is 0 Å². The maximum absolute atomic E-state index is 13.9. The summed E-state index contributed by atoms with van der Waals surface area (Å²) in [5, 5.41) is 0. The highest BCUT2D eigenvalue weighted by molar-refractivity contribution is 5.93. The molecule has 1 aromatic rings. The van der Waals surface area contributed by atoms with E-state index in [0.29, 0.717) is 12.8 Å². The Balaban J connectivity index is 2.43.